The maximum atomic E-state index is 10.8. The molecule has 0 aromatic heterocycles. The van der Waals surface area contributed by atoms with E-state index < -0.39 is 11.0 Å². The lowest BCUT2D eigenvalue weighted by atomic mass is 10.2. The van der Waals surface area contributed by atoms with Crippen molar-refractivity contribution < 1.29 is 19.5 Å². The van der Waals surface area contributed by atoms with Crippen LogP contribution in [0.4, 0.5) is 5.69 Å². The molecule has 7 heteroatoms. The predicted octanol–water partition coefficient (Wildman–Crippen LogP) is 0.440. The van der Waals surface area contributed by atoms with Crippen molar-refractivity contribution in [2.24, 2.45) is 5.73 Å². The fourth-order valence-corrected chi connectivity index (χ4v) is 1.38. The van der Waals surface area contributed by atoms with E-state index in [1.54, 1.807) is 6.07 Å². The Morgan fingerprint density at radius 1 is 1.50 bits per heavy atom. The molecular weight excluding hydrogens is 240 g/mol. The molecule has 0 radical (unpaired) electrons. The van der Waals surface area contributed by atoms with Gasteiger partial charge in [-0.2, -0.15) is 0 Å². The summed E-state index contributed by atoms with van der Waals surface area (Å²) in [5, 5.41) is 20.2. The van der Waals surface area contributed by atoms with Crippen molar-refractivity contribution in [2.45, 2.75) is 12.6 Å². The molecule has 0 aliphatic carbocycles. The molecule has 0 bridgehead atoms. The number of nitrogens with two attached hydrogens (primary N) is 1. The van der Waals surface area contributed by atoms with Crippen LogP contribution in [-0.2, 0) is 11.3 Å². The molecule has 0 saturated carbocycles. The van der Waals surface area contributed by atoms with Crippen LogP contribution in [-0.4, -0.2) is 36.5 Å². The van der Waals surface area contributed by atoms with Gasteiger partial charge < -0.3 is 20.3 Å². The van der Waals surface area contributed by atoms with E-state index in [1.165, 1.54) is 19.2 Å². The zero-order valence-electron chi connectivity index (χ0n) is 10.0. The number of aliphatic hydroxyl groups excluding tert-OH is 1. The van der Waals surface area contributed by atoms with Gasteiger partial charge in [-0.15, -0.1) is 0 Å². The minimum atomic E-state index is -0.837. The fraction of sp³-hybridized carbons (Fsp3) is 0.455. The van der Waals surface area contributed by atoms with Crippen molar-refractivity contribution in [3.8, 4) is 5.75 Å². The first-order chi connectivity index (χ1) is 8.58. The molecule has 0 spiro atoms. The van der Waals surface area contributed by atoms with E-state index in [9.17, 15) is 15.2 Å². The first-order valence-corrected chi connectivity index (χ1v) is 5.35. The molecule has 18 heavy (non-hydrogen) atoms. The third kappa shape index (κ3) is 3.95. The van der Waals surface area contributed by atoms with Gasteiger partial charge in [-0.25, -0.2) is 0 Å². The largest absolute Gasteiger partial charge is 0.484 e. The monoisotopic (exact) mass is 256 g/mol. The Kier molecular flexibility index (Phi) is 5.50. The molecule has 3 N–H and O–H groups in total. The van der Waals surface area contributed by atoms with Gasteiger partial charge in [0.25, 0.3) is 0 Å². The van der Waals surface area contributed by atoms with Gasteiger partial charge in [0.05, 0.1) is 11.5 Å². The van der Waals surface area contributed by atoms with Crippen molar-refractivity contribution in [1.29, 1.82) is 0 Å². The molecule has 0 amide bonds. The highest BCUT2D eigenvalue weighted by atomic mass is 16.6. The Labute approximate surface area is 104 Å². The number of nitro groups is 1. The zero-order valence-corrected chi connectivity index (χ0v) is 10.0. The smallest absolute Gasteiger partial charge is 0.310 e. The highest BCUT2D eigenvalue weighted by Gasteiger charge is 2.16. The molecule has 1 aromatic rings. The number of ether oxygens (including phenoxy) is 2. The van der Waals surface area contributed by atoms with E-state index in [1.807, 2.05) is 0 Å². The fourth-order valence-electron chi connectivity index (χ4n) is 1.38. The summed E-state index contributed by atoms with van der Waals surface area (Å²) in [5.41, 5.74) is 6.02. The molecule has 0 aliphatic heterocycles. The number of methoxy groups -OCH3 is 1. The molecule has 1 atom stereocenters. The second-order valence-corrected chi connectivity index (χ2v) is 3.68. The molecule has 0 fully saturated rings. The van der Waals surface area contributed by atoms with Crippen LogP contribution in [0.15, 0.2) is 18.2 Å². The number of hydrogen-bond acceptors (Lipinski definition) is 6. The molecule has 1 aromatic carbocycles. The van der Waals surface area contributed by atoms with Crippen molar-refractivity contribution in [3.63, 3.8) is 0 Å². The summed E-state index contributed by atoms with van der Waals surface area (Å²) in [6.07, 6.45) is -0.837. The van der Waals surface area contributed by atoms with Crippen LogP contribution < -0.4 is 10.5 Å². The van der Waals surface area contributed by atoms with Gasteiger partial charge in [0.1, 0.15) is 12.7 Å². The predicted molar refractivity (Wildman–Crippen MR) is 64.4 cm³/mol. The Morgan fingerprint density at radius 3 is 2.78 bits per heavy atom. The van der Waals surface area contributed by atoms with Crippen LogP contribution in [0, 0.1) is 10.1 Å². The number of nitrogens with zero attached hydrogens (tertiary/aromatic N) is 1. The molecule has 7 nitrogen and oxygen atoms in total. The summed E-state index contributed by atoms with van der Waals surface area (Å²) in [6, 6.07) is 4.40. The van der Waals surface area contributed by atoms with Crippen LogP contribution in [0.1, 0.15) is 5.56 Å². The van der Waals surface area contributed by atoms with Gasteiger partial charge >= 0.3 is 5.69 Å². The van der Waals surface area contributed by atoms with E-state index in [0.29, 0.717) is 0 Å². The summed E-state index contributed by atoms with van der Waals surface area (Å²) in [6.45, 7) is 0.280. The van der Waals surface area contributed by atoms with Crippen molar-refractivity contribution in [3.05, 3.63) is 33.9 Å². The standard InChI is InChI=1S/C11H16N2O5/c1-17-6-9(14)7-18-11-4-8(5-12)2-3-10(11)13(15)16/h2-4,9,14H,5-7,12H2,1H3. The number of rotatable bonds is 7. The third-order valence-electron chi connectivity index (χ3n) is 2.25. The summed E-state index contributed by atoms with van der Waals surface area (Å²) in [7, 11) is 1.45. The Morgan fingerprint density at radius 2 is 2.22 bits per heavy atom. The summed E-state index contributed by atoms with van der Waals surface area (Å²) >= 11 is 0. The van der Waals surface area contributed by atoms with Crippen LogP contribution in [0.2, 0.25) is 0 Å². The van der Waals surface area contributed by atoms with Crippen molar-refractivity contribution >= 4 is 5.69 Å². The van der Waals surface area contributed by atoms with E-state index in [0.717, 1.165) is 5.56 Å². The zero-order chi connectivity index (χ0) is 13.5. The highest BCUT2D eigenvalue weighted by Crippen LogP contribution is 2.27. The third-order valence-corrected chi connectivity index (χ3v) is 2.25. The molecule has 1 unspecified atom stereocenters. The van der Waals surface area contributed by atoms with Gasteiger partial charge in [0.15, 0.2) is 5.75 Å². The quantitative estimate of drug-likeness (QED) is 0.541. The van der Waals surface area contributed by atoms with Gasteiger partial charge in [0, 0.05) is 19.7 Å². The lowest BCUT2D eigenvalue weighted by Crippen LogP contribution is -2.22. The lowest BCUT2D eigenvalue weighted by molar-refractivity contribution is -0.385. The molecule has 0 aliphatic rings. The first-order valence-electron chi connectivity index (χ1n) is 5.35. The van der Waals surface area contributed by atoms with E-state index in [2.05, 4.69) is 0 Å². The Balaban J connectivity index is 2.80. The first kappa shape index (κ1) is 14.4. The van der Waals surface area contributed by atoms with Crippen molar-refractivity contribution in [2.75, 3.05) is 20.3 Å². The maximum absolute atomic E-state index is 10.8. The molecule has 0 saturated heterocycles. The number of benzene rings is 1. The van der Waals surface area contributed by atoms with E-state index in [-0.39, 0.29) is 31.2 Å². The minimum absolute atomic E-state index is 0.0807. The van der Waals surface area contributed by atoms with Gasteiger partial charge in [-0.3, -0.25) is 10.1 Å². The highest BCUT2D eigenvalue weighted by molar-refractivity contribution is 5.48. The second-order valence-electron chi connectivity index (χ2n) is 3.68. The molecule has 1 rings (SSSR count). The number of aliphatic hydroxyl groups is 1. The lowest BCUT2D eigenvalue weighted by Gasteiger charge is -2.12. The Bertz CT molecular complexity index is 410. The van der Waals surface area contributed by atoms with Gasteiger partial charge in [0.2, 0.25) is 0 Å². The van der Waals surface area contributed by atoms with Crippen LogP contribution in [0.5, 0.6) is 5.75 Å². The molecular formula is C11H16N2O5. The average Bonchev–Trinajstić information content (AvgIpc) is 2.36. The van der Waals surface area contributed by atoms with Crippen LogP contribution in [0.3, 0.4) is 0 Å². The van der Waals surface area contributed by atoms with E-state index >= 15 is 0 Å². The summed E-state index contributed by atoms with van der Waals surface area (Å²) in [4.78, 5) is 10.3. The Hall–Kier alpha value is -1.70. The number of hydrogen-bond donors (Lipinski definition) is 2. The maximum Gasteiger partial charge on any atom is 0.310 e. The topological polar surface area (TPSA) is 108 Å². The average molecular weight is 256 g/mol. The molecule has 100 valence electrons. The van der Waals surface area contributed by atoms with Crippen molar-refractivity contribution in [1.82, 2.24) is 0 Å². The van der Waals surface area contributed by atoms with Crippen LogP contribution in [0.25, 0.3) is 0 Å². The summed E-state index contributed by atoms with van der Waals surface area (Å²) < 4.78 is 9.96. The second kappa shape index (κ2) is 6.90. The van der Waals surface area contributed by atoms with Crippen LogP contribution >= 0.6 is 0 Å². The number of nitro benzene ring substituents is 1. The molecule has 0 heterocycles. The van der Waals surface area contributed by atoms with Gasteiger partial charge in [-0.05, 0) is 11.6 Å². The minimum Gasteiger partial charge on any atom is -0.484 e. The summed E-state index contributed by atoms with van der Waals surface area (Å²) in [5.74, 6) is 0.0955. The SMILES string of the molecule is COCC(O)COc1cc(CN)ccc1[N+](=O)[O-]. The van der Waals surface area contributed by atoms with Gasteiger partial charge in [-0.1, -0.05) is 6.07 Å². The normalized spacial score (nSPS) is 12.2. The van der Waals surface area contributed by atoms with E-state index in [4.69, 9.17) is 15.2 Å².